The molecule has 1 aliphatic heterocycles. The van der Waals surface area contributed by atoms with Crippen LogP contribution < -0.4 is 5.32 Å². The molecule has 0 bridgehead atoms. The van der Waals surface area contributed by atoms with E-state index in [1.165, 1.54) is 4.90 Å². The molecule has 0 saturated heterocycles. The Hall–Kier alpha value is -3.48. The van der Waals surface area contributed by atoms with Gasteiger partial charge in [0.15, 0.2) is 0 Å². The second kappa shape index (κ2) is 10.9. The standard InChI is InChI=1S/C26H31N3O4/c1-4-18(2)27-24(31)19(3)29(17-20-11-6-5-7-12-20)23(30)15-10-16-28-25(32)21-13-8-9-14-22(21)26(28)33/h5-9,11-14,18-19H,4,10,15-17H2,1-3H3,(H,27,31)/t18-,19-/m1/s1. The molecule has 0 spiro atoms. The summed E-state index contributed by atoms with van der Waals surface area (Å²) in [4.78, 5) is 53.7. The molecular weight excluding hydrogens is 418 g/mol. The molecule has 7 heteroatoms. The first-order valence-corrected chi connectivity index (χ1v) is 11.4. The zero-order valence-corrected chi connectivity index (χ0v) is 19.4. The lowest BCUT2D eigenvalue weighted by atomic mass is 10.1. The monoisotopic (exact) mass is 449 g/mol. The molecule has 0 unspecified atom stereocenters. The molecule has 0 aromatic heterocycles. The zero-order valence-electron chi connectivity index (χ0n) is 19.4. The molecule has 0 saturated carbocycles. The summed E-state index contributed by atoms with van der Waals surface area (Å²) in [5.41, 5.74) is 1.72. The molecule has 2 aromatic carbocycles. The average Bonchev–Trinajstić information content (AvgIpc) is 3.07. The van der Waals surface area contributed by atoms with Crippen LogP contribution in [0.25, 0.3) is 0 Å². The van der Waals surface area contributed by atoms with Gasteiger partial charge in [-0.05, 0) is 44.4 Å². The Bertz CT molecular complexity index is 986. The fraction of sp³-hybridized carbons (Fsp3) is 0.385. The number of hydrogen-bond acceptors (Lipinski definition) is 4. The maximum atomic E-state index is 13.2. The van der Waals surface area contributed by atoms with Crippen molar-refractivity contribution < 1.29 is 19.2 Å². The van der Waals surface area contributed by atoms with Crippen LogP contribution in [0.3, 0.4) is 0 Å². The van der Waals surface area contributed by atoms with Gasteiger partial charge in [0.05, 0.1) is 11.1 Å². The van der Waals surface area contributed by atoms with Gasteiger partial charge in [0.25, 0.3) is 11.8 Å². The number of nitrogens with one attached hydrogen (secondary N) is 1. The fourth-order valence-corrected chi connectivity index (χ4v) is 3.80. The van der Waals surface area contributed by atoms with Crippen molar-refractivity contribution in [1.29, 1.82) is 0 Å². The minimum atomic E-state index is -0.647. The number of imide groups is 1. The van der Waals surface area contributed by atoms with Gasteiger partial charge in [0.1, 0.15) is 6.04 Å². The second-order valence-corrected chi connectivity index (χ2v) is 8.41. The van der Waals surface area contributed by atoms with Crippen molar-refractivity contribution in [3.63, 3.8) is 0 Å². The van der Waals surface area contributed by atoms with Gasteiger partial charge in [-0.15, -0.1) is 0 Å². The van der Waals surface area contributed by atoms with Crippen LogP contribution in [0.1, 0.15) is 66.3 Å². The lowest BCUT2D eigenvalue weighted by Gasteiger charge is -2.30. The lowest BCUT2D eigenvalue weighted by molar-refractivity contribution is -0.141. The van der Waals surface area contributed by atoms with E-state index in [1.54, 1.807) is 36.1 Å². The Morgan fingerprint density at radius 2 is 1.52 bits per heavy atom. The van der Waals surface area contributed by atoms with Gasteiger partial charge >= 0.3 is 0 Å². The number of carbonyl (C=O) groups excluding carboxylic acids is 4. The third-order valence-corrected chi connectivity index (χ3v) is 6.01. The molecule has 0 fully saturated rings. The highest BCUT2D eigenvalue weighted by Gasteiger charge is 2.35. The molecule has 174 valence electrons. The molecule has 2 aromatic rings. The third kappa shape index (κ3) is 5.66. The van der Waals surface area contributed by atoms with Crippen LogP contribution in [-0.4, -0.2) is 52.1 Å². The fourth-order valence-electron chi connectivity index (χ4n) is 3.80. The maximum absolute atomic E-state index is 13.2. The van der Waals surface area contributed by atoms with E-state index in [-0.39, 0.29) is 42.6 Å². The van der Waals surface area contributed by atoms with Crippen molar-refractivity contribution in [2.24, 2.45) is 0 Å². The van der Waals surface area contributed by atoms with Crippen LogP contribution >= 0.6 is 0 Å². The third-order valence-electron chi connectivity index (χ3n) is 6.01. The lowest BCUT2D eigenvalue weighted by Crippen LogP contribution is -2.49. The normalized spacial score (nSPS) is 14.6. The highest BCUT2D eigenvalue weighted by Crippen LogP contribution is 2.23. The van der Waals surface area contributed by atoms with E-state index in [0.29, 0.717) is 24.1 Å². The van der Waals surface area contributed by atoms with Gasteiger partial charge in [0, 0.05) is 25.6 Å². The van der Waals surface area contributed by atoms with Crippen molar-refractivity contribution >= 4 is 23.6 Å². The van der Waals surface area contributed by atoms with Crippen LogP contribution in [0.5, 0.6) is 0 Å². The smallest absolute Gasteiger partial charge is 0.261 e. The summed E-state index contributed by atoms with van der Waals surface area (Å²) < 4.78 is 0. The van der Waals surface area contributed by atoms with Crippen LogP contribution in [0.2, 0.25) is 0 Å². The number of rotatable bonds is 10. The van der Waals surface area contributed by atoms with Crippen molar-refractivity contribution in [3.05, 3.63) is 71.3 Å². The van der Waals surface area contributed by atoms with E-state index in [0.717, 1.165) is 12.0 Å². The Morgan fingerprint density at radius 1 is 0.939 bits per heavy atom. The molecule has 1 N–H and O–H groups in total. The molecular formula is C26H31N3O4. The molecule has 3 rings (SSSR count). The number of hydrogen-bond donors (Lipinski definition) is 1. The molecule has 0 aliphatic carbocycles. The predicted octanol–water partition coefficient (Wildman–Crippen LogP) is 3.39. The molecule has 4 amide bonds. The van der Waals surface area contributed by atoms with E-state index in [1.807, 2.05) is 44.2 Å². The van der Waals surface area contributed by atoms with Crippen molar-refractivity contribution in [3.8, 4) is 0 Å². The zero-order chi connectivity index (χ0) is 24.0. The highest BCUT2D eigenvalue weighted by molar-refractivity contribution is 6.21. The Morgan fingerprint density at radius 3 is 2.09 bits per heavy atom. The Balaban J connectivity index is 1.65. The van der Waals surface area contributed by atoms with E-state index in [4.69, 9.17) is 0 Å². The number of benzene rings is 2. The van der Waals surface area contributed by atoms with E-state index in [9.17, 15) is 19.2 Å². The minimum Gasteiger partial charge on any atom is -0.352 e. The van der Waals surface area contributed by atoms with Gasteiger partial charge in [0.2, 0.25) is 11.8 Å². The second-order valence-electron chi connectivity index (χ2n) is 8.41. The highest BCUT2D eigenvalue weighted by atomic mass is 16.2. The summed E-state index contributed by atoms with van der Waals surface area (Å²) in [6, 6.07) is 15.6. The number of nitrogens with zero attached hydrogens (tertiary/aromatic N) is 2. The van der Waals surface area contributed by atoms with Crippen LogP contribution in [0, 0.1) is 0 Å². The Labute approximate surface area is 194 Å². The molecule has 7 nitrogen and oxygen atoms in total. The number of fused-ring (bicyclic) bond motifs is 1. The number of carbonyl (C=O) groups is 4. The summed E-state index contributed by atoms with van der Waals surface area (Å²) >= 11 is 0. The van der Waals surface area contributed by atoms with Crippen LogP contribution in [-0.2, 0) is 16.1 Å². The summed E-state index contributed by atoms with van der Waals surface area (Å²) in [6.07, 6.45) is 1.25. The number of amides is 4. The SMILES string of the molecule is CC[C@@H](C)NC(=O)[C@@H](C)N(Cc1ccccc1)C(=O)CCCN1C(=O)c2ccccc2C1=O. The van der Waals surface area contributed by atoms with Crippen LogP contribution in [0.15, 0.2) is 54.6 Å². The first-order valence-electron chi connectivity index (χ1n) is 11.4. The van der Waals surface area contributed by atoms with Gasteiger partial charge < -0.3 is 10.2 Å². The molecule has 33 heavy (non-hydrogen) atoms. The summed E-state index contributed by atoms with van der Waals surface area (Å²) in [5.74, 6) is -1.05. The largest absolute Gasteiger partial charge is 0.352 e. The first kappa shape index (κ1) is 24.2. The summed E-state index contributed by atoms with van der Waals surface area (Å²) in [5, 5.41) is 2.94. The van der Waals surface area contributed by atoms with Gasteiger partial charge in [-0.25, -0.2) is 0 Å². The molecule has 2 atom stereocenters. The van der Waals surface area contributed by atoms with Gasteiger partial charge in [-0.2, -0.15) is 0 Å². The van der Waals surface area contributed by atoms with Gasteiger partial charge in [-0.1, -0.05) is 49.4 Å². The van der Waals surface area contributed by atoms with Gasteiger partial charge in [-0.3, -0.25) is 24.1 Å². The van der Waals surface area contributed by atoms with Crippen molar-refractivity contribution in [1.82, 2.24) is 15.1 Å². The van der Waals surface area contributed by atoms with Crippen LogP contribution in [0.4, 0.5) is 0 Å². The summed E-state index contributed by atoms with van der Waals surface area (Å²) in [7, 11) is 0. The van der Waals surface area contributed by atoms with E-state index >= 15 is 0 Å². The Kier molecular flexibility index (Phi) is 7.98. The quantitative estimate of drug-likeness (QED) is 0.563. The minimum absolute atomic E-state index is 0.0162. The molecule has 0 radical (unpaired) electrons. The van der Waals surface area contributed by atoms with E-state index < -0.39 is 6.04 Å². The maximum Gasteiger partial charge on any atom is 0.261 e. The molecule has 1 aliphatic rings. The van der Waals surface area contributed by atoms with E-state index in [2.05, 4.69) is 5.32 Å². The van der Waals surface area contributed by atoms with Crippen molar-refractivity contribution in [2.75, 3.05) is 6.54 Å². The van der Waals surface area contributed by atoms with Crippen molar-refractivity contribution in [2.45, 2.75) is 58.7 Å². The summed E-state index contributed by atoms with van der Waals surface area (Å²) in [6.45, 7) is 6.10. The predicted molar refractivity (Wildman–Crippen MR) is 125 cm³/mol. The average molecular weight is 450 g/mol. The molecule has 1 heterocycles. The topological polar surface area (TPSA) is 86.8 Å². The first-order chi connectivity index (χ1) is 15.8.